The maximum atomic E-state index is 12.2. The highest BCUT2D eigenvalue weighted by Crippen LogP contribution is 2.15. The van der Waals surface area contributed by atoms with E-state index in [-0.39, 0.29) is 30.1 Å². The monoisotopic (exact) mass is 543 g/mol. The van der Waals surface area contributed by atoms with Crippen LogP contribution in [0.5, 0.6) is 0 Å². The molecule has 0 radical (unpaired) electrons. The lowest BCUT2D eigenvalue weighted by atomic mass is 10.1. The molecule has 0 amide bonds. The SMILES string of the molecule is CCNC(=NCCCOC(C)c1ccccc1)NCCS(=O)Cc1ccccc1.I. The van der Waals surface area contributed by atoms with Crippen molar-refractivity contribution in [3.8, 4) is 0 Å². The van der Waals surface area contributed by atoms with Gasteiger partial charge in [-0.15, -0.1) is 24.0 Å². The van der Waals surface area contributed by atoms with Gasteiger partial charge in [0.15, 0.2) is 5.96 Å². The fourth-order valence-electron chi connectivity index (χ4n) is 2.79. The Morgan fingerprint density at radius 2 is 1.73 bits per heavy atom. The van der Waals surface area contributed by atoms with Gasteiger partial charge in [0.1, 0.15) is 0 Å². The van der Waals surface area contributed by atoms with Crippen LogP contribution in [0.25, 0.3) is 0 Å². The Labute approximate surface area is 200 Å². The summed E-state index contributed by atoms with van der Waals surface area (Å²) in [5.41, 5.74) is 2.30. The predicted molar refractivity (Wildman–Crippen MR) is 138 cm³/mol. The molecule has 0 spiro atoms. The van der Waals surface area contributed by atoms with Gasteiger partial charge < -0.3 is 15.4 Å². The minimum Gasteiger partial charge on any atom is -0.374 e. The van der Waals surface area contributed by atoms with Crippen molar-refractivity contribution in [3.63, 3.8) is 0 Å². The van der Waals surface area contributed by atoms with Gasteiger partial charge in [0.05, 0.1) is 6.10 Å². The Morgan fingerprint density at radius 3 is 2.40 bits per heavy atom. The lowest BCUT2D eigenvalue weighted by Gasteiger charge is -2.13. The Balaban J connectivity index is 0.00000450. The summed E-state index contributed by atoms with van der Waals surface area (Å²) in [6, 6.07) is 20.2. The van der Waals surface area contributed by atoms with E-state index in [1.165, 1.54) is 5.56 Å². The smallest absolute Gasteiger partial charge is 0.191 e. The first kappa shape index (κ1) is 26.6. The minimum atomic E-state index is -0.889. The van der Waals surface area contributed by atoms with Crippen molar-refractivity contribution in [1.82, 2.24) is 10.6 Å². The van der Waals surface area contributed by atoms with Crippen LogP contribution in [0.3, 0.4) is 0 Å². The molecule has 0 aromatic heterocycles. The molecule has 166 valence electrons. The van der Waals surface area contributed by atoms with Crippen molar-refractivity contribution in [2.24, 2.45) is 4.99 Å². The first-order chi connectivity index (χ1) is 14.2. The quantitative estimate of drug-likeness (QED) is 0.182. The van der Waals surface area contributed by atoms with E-state index in [9.17, 15) is 4.21 Å². The predicted octanol–water partition coefficient (Wildman–Crippen LogP) is 4.28. The average molecular weight is 544 g/mol. The number of rotatable bonds is 12. The van der Waals surface area contributed by atoms with Crippen molar-refractivity contribution in [2.45, 2.75) is 32.1 Å². The lowest BCUT2D eigenvalue weighted by molar-refractivity contribution is 0.0652. The lowest BCUT2D eigenvalue weighted by Crippen LogP contribution is -2.39. The number of nitrogens with one attached hydrogen (secondary N) is 2. The largest absolute Gasteiger partial charge is 0.374 e. The van der Waals surface area contributed by atoms with Gasteiger partial charge in [0.25, 0.3) is 0 Å². The highest BCUT2D eigenvalue weighted by atomic mass is 127. The summed E-state index contributed by atoms with van der Waals surface area (Å²) in [5, 5.41) is 6.50. The van der Waals surface area contributed by atoms with Gasteiger partial charge in [0, 0.05) is 48.5 Å². The second kappa shape index (κ2) is 16.3. The van der Waals surface area contributed by atoms with E-state index in [1.807, 2.05) is 55.5 Å². The van der Waals surface area contributed by atoms with Gasteiger partial charge >= 0.3 is 0 Å². The first-order valence-electron chi connectivity index (χ1n) is 10.3. The molecule has 0 aliphatic rings. The van der Waals surface area contributed by atoms with Crippen LogP contribution in [0.4, 0.5) is 0 Å². The molecule has 30 heavy (non-hydrogen) atoms. The summed E-state index contributed by atoms with van der Waals surface area (Å²) >= 11 is 0. The van der Waals surface area contributed by atoms with Crippen molar-refractivity contribution in [1.29, 1.82) is 0 Å². The zero-order valence-corrected chi connectivity index (χ0v) is 21.0. The van der Waals surface area contributed by atoms with E-state index in [4.69, 9.17) is 4.74 Å². The summed E-state index contributed by atoms with van der Waals surface area (Å²) in [4.78, 5) is 4.58. The maximum Gasteiger partial charge on any atom is 0.191 e. The Morgan fingerprint density at radius 1 is 1.07 bits per heavy atom. The molecule has 0 fully saturated rings. The van der Waals surface area contributed by atoms with E-state index in [1.54, 1.807) is 0 Å². The van der Waals surface area contributed by atoms with Crippen LogP contribution >= 0.6 is 24.0 Å². The molecule has 2 atom stereocenters. The summed E-state index contributed by atoms with van der Waals surface area (Å²) in [5.74, 6) is 1.95. The van der Waals surface area contributed by atoms with Crippen LogP contribution in [-0.4, -0.2) is 42.2 Å². The molecule has 2 rings (SSSR count). The second-order valence-corrected chi connectivity index (χ2v) is 8.32. The summed E-state index contributed by atoms with van der Waals surface area (Å²) in [6.07, 6.45) is 0.944. The van der Waals surface area contributed by atoms with Gasteiger partial charge in [-0.25, -0.2) is 0 Å². The maximum absolute atomic E-state index is 12.2. The molecule has 2 N–H and O–H groups in total. The topological polar surface area (TPSA) is 62.7 Å². The van der Waals surface area contributed by atoms with Gasteiger partial charge in [-0.05, 0) is 31.4 Å². The summed E-state index contributed by atoms with van der Waals surface area (Å²) in [7, 11) is -0.889. The van der Waals surface area contributed by atoms with Crippen molar-refractivity contribution >= 4 is 40.7 Å². The Hall–Kier alpha value is -1.45. The molecule has 0 saturated carbocycles. The average Bonchev–Trinajstić information content (AvgIpc) is 2.74. The fourth-order valence-corrected chi connectivity index (χ4v) is 3.83. The molecule has 7 heteroatoms. The number of hydrogen-bond donors (Lipinski definition) is 2. The van der Waals surface area contributed by atoms with Gasteiger partial charge in [-0.2, -0.15) is 0 Å². The van der Waals surface area contributed by atoms with Crippen molar-refractivity contribution in [2.75, 3.05) is 32.0 Å². The van der Waals surface area contributed by atoms with Crippen LogP contribution in [0.1, 0.15) is 37.5 Å². The van der Waals surface area contributed by atoms with Gasteiger partial charge in [-0.3, -0.25) is 9.20 Å². The molecule has 0 bridgehead atoms. The molecule has 0 heterocycles. The molecule has 5 nitrogen and oxygen atoms in total. The third-order valence-electron chi connectivity index (χ3n) is 4.35. The van der Waals surface area contributed by atoms with E-state index in [0.29, 0.717) is 31.2 Å². The zero-order chi connectivity index (χ0) is 20.7. The third kappa shape index (κ3) is 11.1. The first-order valence-corrected chi connectivity index (χ1v) is 11.8. The van der Waals surface area contributed by atoms with Crippen LogP contribution < -0.4 is 10.6 Å². The number of ether oxygens (including phenoxy) is 1. The van der Waals surface area contributed by atoms with E-state index in [0.717, 1.165) is 24.5 Å². The Bertz CT molecular complexity index is 745. The standard InChI is InChI=1S/C23H33N3O2S.HI/c1-3-24-23(26-16-18-29(27)19-21-11-6-4-7-12-21)25-15-10-17-28-20(2)22-13-8-5-9-14-22;/h4-9,11-14,20H,3,10,15-19H2,1-2H3,(H2,24,25,26);1H. The molecule has 2 aromatic rings. The van der Waals surface area contributed by atoms with E-state index in [2.05, 4.69) is 34.7 Å². The molecule has 2 unspecified atom stereocenters. The fraction of sp³-hybridized carbons (Fsp3) is 0.435. The molecular formula is C23H34IN3O2S. The highest BCUT2D eigenvalue weighted by molar-refractivity contribution is 14.0. The van der Waals surface area contributed by atoms with Crippen molar-refractivity contribution in [3.05, 3.63) is 71.8 Å². The van der Waals surface area contributed by atoms with Crippen molar-refractivity contribution < 1.29 is 8.95 Å². The number of nitrogens with zero attached hydrogens (tertiary/aromatic N) is 1. The summed E-state index contributed by atoms with van der Waals surface area (Å²) in [6.45, 7) is 6.88. The number of aliphatic imine (C=N–C) groups is 1. The molecular weight excluding hydrogens is 509 g/mol. The van der Waals surface area contributed by atoms with E-state index < -0.39 is 10.8 Å². The van der Waals surface area contributed by atoms with Crippen LogP contribution in [0.2, 0.25) is 0 Å². The Kier molecular flexibility index (Phi) is 14.4. The normalized spacial score (nSPS) is 13.2. The number of guanidine groups is 1. The molecule has 0 saturated heterocycles. The van der Waals surface area contributed by atoms with Crippen LogP contribution in [-0.2, 0) is 21.3 Å². The van der Waals surface area contributed by atoms with Crippen LogP contribution in [0.15, 0.2) is 65.7 Å². The molecule has 2 aromatic carbocycles. The number of halogens is 1. The van der Waals surface area contributed by atoms with Gasteiger partial charge in [-0.1, -0.05) is 60.7 Å². The number of benzene rings is 2. The van der Waals surface area contributed by atoms with Gasteiger partial charge in [0.2, 0.25) is 0 Å². The van der Waals surface area contributed by atoms with E-state index >= 15 is 0 Å². The third-order valence-corrected chi connectivity index (χ3v) is 5.66. The zero-order valence-electron chi connectivity index (χ0n) is 17.9. The molecule has 0 aliphatic heterocycles. The highest BCUT2D eigenvalue weighted by Gasteiger charge is 2.05. The second-order valence-electron chi connectivity index (χ2n) is 6.74. The van der Waals surface area contributed by atoms with Crippen LogP contribution in [0, 0.1) is 0 Å². The minimum absolute atomic E-state index is 0. The number of hydrogen-bond acceptors (Lipinski definition) is 3. The molecule has 0 aliphatic carbocycles. The summed E-state index contributed by atoms with van der Waals surface area (Å²) < 4.78 is 18.1.